The summed E-state index contributed by atoms with van der Waals surface area (Å²) in [5.41, 5.74) is 3.31. The van der Waals surface area contributed by atoms with Gasteiger partial charge in [0.25, 0.3) is 0 Å². The van der Waals surface area contributed by atoms with Crippen molar-refractivity contribution in [2.24, 2.45) is 0 Å². The van der Waals surface area contributed by atoms with E-state index in [-0.39, 0.29) is 0 Å². The predicted octanol–water partition coefficient (Wildman–Crippen LogP) is 3.04. The largest absolute Gasteiger partial charge is 0.131 e. The van der Waals surface area contributed by atoms with Gasteiger partial charge in [-0.05, 0) is 6.42 Å². The molecular formula is C8H15BrSi. The molecule has 0 aliphatic rings. The SMILES string of the molecule is CCC(Br)C#C[Si](C)(C)C. The van der Waals surface area contributed by atoms with Gasteiger partial charge in [-0.1, -0.05) is 48.4 Å². The Kier molecular flexibility index (Phi) is 4.31. The fraction of sp³-hybridized carbons (Fsp3) is 0.750. The molecule has 0 aromatic rings. The molecular weight excluding hydrogens is 204 g/mol. The fourth-order valence-electron chi connectivity index (χ4n) is 0.397. The van der Waals surface area contributed by atoms with E-state index in [1.165, 1.54) is 0 Å². The van der Waals surface area contributed by atoms with Gasteiger partial charge in [-0.2, -0.15) is 0 Å². The molecule has 0 aliphatic heterocycles. The summed E-state index contributed by atoms with van der Waals surface area (Å²) in [6.07, 6.45) is 1.09. The monoisotopic (exact) mass is 218 g/mol. The van der Waals surface area contributed by atoms with E-state index in [4.69, 9.17) is 0 Å². The first-order valence-corrected chi connectivity index (χ1v) is 8.04. The van der Waals surface area contributed by atoms with Crippen molar-refractivity contribution in [2.75, 3.05) is 0 Å². The zero-order chi connectivity index (χ0) is 8.20. The predicted molar refractivity (Wildman–Crippen MR) is 54.1 cm³/mol. The molecule has 0 N–H and O–H groups in total. The smallest absolute Gasteiger partial charge is 0.129 e. The average molecular weight is 219 g/mol. The molecule has 1 unspecified atom stereocenters. The van der Waals surface area contributed by atoms with Crippen LogP contribution in [0.1, 0.15) is 13.3 Å². The first-order valence-electron chi connectivity index (χ1n) is 3.62. The maximum absolute atomic E-state index is 3.48. The molecule has 0 rings (SSSR count). The molecule has 0 radical (unpaired) electrons. The zero-order valence-corrected chi connectivity index (χ0v) is 9.75. The third-order valence-electron chi connectivity index (χ3n) is 0.962. The lowest BCUT2D eigenvalue weighted by Crippen LogP contribution is -2.17. The van der Waals surface area contributed by atoms with E-state index in [9.17, 15) is 0 Å². The number of alkyl halides is 1. The Balaban J connectivity index is 3.91. The van der Waals surface area contributed by atoms with Gasteiger partial charge in [0.2, 0.25) is 0 Å². The van der Waals surface area contributed by atoms with E-state index in [0.717, 1.165) is 6.42 Å². The number of hydrogen-bond acceptors (Lipinski definition) is 0. The van der Waals surface area contributed by atoms with Gasteiger partial charge in [0.1, 0.15) is 8.07 Å². The summed E-state index contributed by atoms with van der Waals surface area (Å²) in [5, 5.41) is 0. The van der Waals surface area contributed by atoms with Gasteiger partial charge in [0.05, 0.1) is 4.83 Å². The summed E-state index contributed by atoms with van der Waals surface area (Å²) >= 11 is 3.48. The van der Waals surface area contributed by atoms with Crippen LogP contribution in [0.3, 0.4) is 0 Å². The molecule has 0 aliphatic carbocycles. The van der Waals surface area contributed by atoms with Crippen molar-refractivity contribution in [3.63, 3.8) is 0 Å². The Morgan fingerprint density at radius 3 is 2.20 bits per heavy atom. The normalized spacial score (nSPS) is 13.7. The topological polar surface area (TPSA) is 0 Å². The van der Waals surface area contributed by atoms with Gasteiger partial charge >= 0.3 is 0 Å². The van der Waals surface area contributed by atoms with Crippen LogP contribution in [0, 0.1) is 11.5 Å². The average Bonchev–Trinajstić information content (AvgIpc) is 1.81. The number of rotatable bonds is 1. The third-order valence-corrected chi connectivity index (χ3v) is 2.73. The van der Waals surface area contributed by atoms with Crippen LogP contribution in [0.5, 0.6) is 0 Å². The van der Waals surface area contributed by atoms with Crippen LogP contribution in [0.2, 0.25) is 19.6 Å². The molecule has 0 aromatic heterocycles. The second kappa shape index (κ2) is 4.20. The molecule has 0 heterocycles. The Bertz CT molecular complexity index is 147. The summed E-state index contributed by atoms with van der Waals surface area (Å²) in [5.74, 6) is 3.20. The first-order chi connectivity index (χ1) is 4.45. The minimum Gasteiger partial charge on any atom is -0.131 e. The van der Waals surface area contributed by atoms with Crippen molar-refractivity contribution < 1.29 is 0 Å². The Morgan fingerprint density at radius 1 is 1.40 bits per heavy atom. The maximum Gasteiger partial charge on any atom is 0.129 e. The minimum absolute atomic E-state index is 0.402. The second-order valence-electron chi connectivity index (χ2n) is 3.40. The highest BCUT2D eigenvalue weighted by Crippen LogP contribution is 2.03. The van der Waals surface area contributed by atoms with E-state index in [1.807, 2.05) is 0 Å². The fourth-order valence-corrected chi connectivity index (χ4v) is 1.33. The highest BCUT2D eigenvalue weighted by Gasteiger charge is 2.07. The van der Waals surface area contributed by atoms with Gasteiger partial charge in [0.15, 0.2) is 0 Å². The van der Waals surface area contributed by atoms with Crippen LogP contribution in [0.4, 0.5) is 0 Å². The van der Waals surface area contributed by atoms with E-state index in [2.05, 4.69) is 54.0 Å². The van der Waals surface area contributed by atoms with E-state index >= 15 is 0 Å². The molecule has 0 saturated carbocycles. The lowest BCUT2D eigenvalue weighted by molar-refractivity contribution is 1.02. The maximum atomic E-state index is 3.48. The summed E-state index contributed by atoms with van der Waals surface area (Å²) < 4.78 is 0. The zero-order valence-electron chi connectivity index (χ0n) is 7.16. The summed E-state index contributed by atoms with van der Waals surface area (Å²) in [7, 11) is -1.13. The quantitative estimate of drug-likeness (QED) is 0.361. The van der Waals surface area contributed by atoms with Crippen molar-refractivity contribution in [1.29, 1.82) is 0 Å². The molecule has 0 fully saturated rings. The summed E-state index contributed by atoms with van der Waals surface area (Å²) in [6, 6.07) is 0. The molecule has 0 aromatic carbocycles. The molecule has 58 valence electrons. The molecule has 10 heavy (non-hydrogen) atoms. The lowest BCUT2D eigenvalue weighted by atomic mass is 10.4. The van der Waals surface area contributed by atoms with Crippen LogP contribution < -0.4 is 0 Å². The van der Waals surface area contributed by atoms with Crippen LogP contribution in [0.25, 0.3) is 0 Å². The van der Waals surface area contributed by atoms with Gasteiger partial charge < -0.3 is 0 Å². The standard InChI is InChI=1S/C8H15BrSi/c1-5-8(9)6-7-10(2,3)4/h8H,5H2,1-4H3. The van der Waals surface area contributed by atoms with Crippen LogP contribution in [0.15, 0.2) is 0 Å². The lowest BCUT2D eigenvalue weighted by Gasteiger charge is -2.04. The van der Waals surface area contributed by atoms with Gasteiger partial charge in [-0.15, -0.1) is 5.54 Å². The Labute approximate surface area is 73.5 Å². The van der Waals surface area contributed by atoms with Gasteiger partial charge in [-0.3, -0.25) is 0 Å². The summed E-state index contributed by atoms with van der Waals surface area (Å²) in [6.45, 7) is 8.92. The number of hydrogen-bond donors (Lipinski definition) is 0. The van der Waals surface area contributed by atoms with Gasteiger partial charge in [0, 0.05) is 0 Å². The molecule has 0 amide bonds. The highest BCUT2D eigenvalue weighted by molar-refractivity contribution is 9.09. The van der Waals surface area contributed by atoms with Crippen molar-refractivity contribution in [3.05, 3.63) is 0 Å². The van der Waals surface area contributed by atoms with E-state index in [1.54, 1.807) is 0 Å². The third kappa shape index (κ3) is 6.38. The molecule has 0 nitrogen and oxygen atoms in total. The van der Waals surface area contributed by atoms with Crippen molar-refractivity contribution in [2.45, 2.75) is 37.8 Å². The molecule has 2 heteroatoms. The van der Waals surface area contributed by atoms with Crippen LogP contribution in [-0.2, 0) is 0 Å². The summed E-state index contributed by atoms with van der Waals surface area (Å²) in [4.78, 5) is 0.402. The van der Waals surface area contributed by atoms with Crippen molar-refractivity contribution in [3.8, 4) is 11.5 Å². The molecule has 1 atom stereocenters. The van der Waals surface area contributed by atoms with Crippen LogP contribution in [-0.4, -0.2) is 12.9 Å². The second-order valence-corrected chi connectivity index (χ2v) is 9.25. The van der Waals surface area contributed by atoms with Crippen molar-refractivity contribution in [1.82, 2.24) is 0 Å². The van der Waals surface area contributed by atoms with Crippen molar-refractivity contribution >= 4 is 24.0 Å². The Morgan fingerprint density at radius 2 is 1.90 bits per heavy atom. The molecule has 0 saturated heterocycles. The minimum atomic E-state index is -1.13. The number of halogens is 1. The van der Waals surface area contributed by atoms with Crippen LogP contribution >= 0.6 is 15.9 Å². The first kappa shape index (κ1) is 10.3. The molecule has 0 spiro atoms. The highest BCUT2D eigenvalue weighted by atomic mass is 79.9. The van der Waals surface area contributed by atoms with E-state index < -0.39 is 8.07 Å². The Hall–Kier alpha value is 0.257. The van der Waals surface area contributed by atoms with E-state index in [0.29, 0.717) is 4.83 Å². The van der Waals surface area contributed by atoms with Gasteiger partial charge in [-0.25, -0.2) is 0 Å². The molecule has 0 bridgehead atoms.